The van der Waals surface area contributed by atoms with Crippen LogP contribution in [0.1, 0.15) is 19.3 Å². The van der Waals surface area contributed by atoms with Crippen LogP contribution in [0.5, 0.6) is 11.5 Å². The monoisotopic (exact) mass is 248 g/mol. The molecule has 18 heavy (non-hydrogen) atoms. The summed E-state index contributed by atoms with van der Waals surface area (Å²) in [6.07, 6.45) is 3.86. The van der Waals surface area contributed by atoms with Gasteiger partial charge in [-0.1, -0.05) is 0 Å². The van der Waals surface area contributed by atoms with Gasteiger partial charge < -0.3 is 20.1 Å². The van der Waals surface area contributed by atoms with E-state index in [0.717, 1.165) is 29.6 Å². The molecule has 0 atom stereocenters. The predicted octanol–water partition coefficient (Wildman–Crippen LogP) is 2.22. The second-order valence-corrected chi connectivity index (χ2v) is 4.98. The van der Waals surface area contributed by atoms with E-state index in [1.54, 1.807) is 0 Å². The minimum atomic E-state index is 0.341. The average Bonchev–Trinajstić information content (AvgIpc) is 2.87. The summed E-state index contributed by atoms with van der Waals surface area (Å²) in [4.78, 5) is 0. The minimum absolute atomic E-state index is 0.341. The third-order valence-corrected chi connectivity index (χ3v) is 3.71. The van der Waals surface area contributed by atoms with E-state index < -0.39 is 0 Å². The van der Waals surface area contributed by atoms with E-state index in [1.807, 2.05) is 12.1 Å². The van der Waals surface area contributed by atoms with Gasteiger partial charge in [0.05, 0.1) is 0 Å². The van der Waals surface area contributed by atoms with Crippen molar-refractivity contribution >= 4 is 5.69 Å². The smallest absolute Gasteiger partial charge is 0.231 e. The fourth-order valence-electron chi connectivity index (χ4n) is 2.60. The summed E-state index contributed by atoms with van der Waals surface area (Å²) in [7, 11) is 0. The van der Waals surface area contributed by atoms with Crippen molar-refractivity contribution in [2.75, 3.05) is 31.7 Å². The van der Waals surface area contributed by atoms with E-state index in [1.165, 1.54) is 32.4 Å². The molecule has 2 N–H and O–H groups in total. The van der Waals surface area contributed by atoms with Crippen molar-refractivity contribution in [3.63, 3.8) is 0 Å². The molecule has 0 aromatic heterocycles. The summed E-state index contributed by atoms with van der Waals surface area (Å²) in [6.45, 7) is 3.72. The highest BCUT2D eigenvalue weighted by atomic mass is 16.7. The van der Waals surface area contributed by atoms with Gasteiger partial charge in [0.25, 0.3) is 0 Å². The Hall–Kier alpha value is -1.42. The number of rotatable bonds is 4. The number of piperidine rings is 1. The molecule has 2 heterocycles. The standard InChI is InChI=1S/C14H20N2O2/c1-2-13-14(18-10-17-13)9-12(1)16-8-5-11-3-6-15-7-4-11/h1-2,9,11,15-16H,3-8,10H2. The van der Waals surface area contributed by atoms with Crippen LogP contribution in [0.2, 0.25) is 0 Å². The first-order chi connectivity index (χ1) is 8.92. The molecule has 0 bridgehead atoms. The second kappa shape index (κ2) is 5.48. The zero-order valence-corrected chi connectivity index (χ0v) is 10.6. The topological polar surface area (TPSA) is 42.5 Å². The summed E-state index contributed by atoms with van der Waals surface area (Å²) in [5.74, 6) is 2.56. The SMILES string of the molecule is c1cc2c(cc1NCCC1CCNCC1)OCO2. The van der Waals surface area contributed by atoms with Crippen molar-refractivity contribution in [3.8, 4) is 11.5 Å². The van der Waals surface area contributed by atoms with Crippen molar-refractivity contribution in [1.29, 1.82) is 0 Å². The van der Waals surface area contributed by atoms with Crippen molar-refractivity contribution in [2.24, 2.45) is 5.92 Å². The number of hydrogen-bond donors (Lipinski definition) is 2. The third kappa shape index (κ3) is 2.70. The lowest BCUT2D eigenvalue weighted by Crippen LogP contribution is -2.28. The molecule has 2 aliphatic heterocycles. The molecule has 4 nitrogen and oxygen atoms in total. The first-order valence-corrected chi connectivity index (χ1v) is 6.76. The molecule has 0 unspecified atom stereocenters. The van der Waals surface area contributed by atoms with Gasteiger partial charge in [0.1, 0.15) is 0 Å². The highest BCUT2D eigenvalue weighted by molar-refractivity contribution is 5.55. The zero-order chi connectivity index (χ0) is 12.2. The molecule has 0 spiro atoms. The van der Waals surface area contributed by atoms with Crippen molar-refractivity contribution < 1.29 is 9.47 Å². The van der Waals surface area contributed by atoms with Crippen LogP contribution in [-0.2, 0) is 0 Å². The van der Waals surface area contributed by atoms with E-state index in [2.05, 4.69) is 16.7 Å². The van der Waals surface area contributed by atoms with Crippen LogP contribution in [0.25, 0.3) is 0 Å². The van der Waals surface area contributed by atoms with Gasteiger partial charge in [0.2, 0.25) is 6.79 Å². The summed E-state index contributed by atoms with van der Waals surface area (Å²) in [5.41, 5.74) is 1.12. The van der Waals surface area contributed by atoms with Crippen molar-refractivity contribution in [1.82, 2.24) is 5.32 Å². The molecule has 1 aromatic rings. The van der Waals surface area contributed by atoms with Crippen LogP contribution in [0, 0.1) is 5.92 Å². The van der Waals surface area contributed by atoms with Crippen LogP contribution >= 0.6 is 0 Å². The Balaban J connectivity index is 1.48. The summed E-state index contributed by atoms with van der Waals surface area (Å²) < 4.78 is 10.7. The average molecular weight is 248 g/mol. The fourth-order valence-corrected chi connectivity index (χ4v) is 2.60. The quantitative estimate of drug-likeness (QED) is 0.857. The Kier molecular flexibility index (Phi) is 3.55. The molecule has 3 rings (SSSR count). The largest absolute Gasteiger partial charge is 0.454 e. The maximum absolute atomic E-state index is 5.36. The molecule has 98 valence electrons. The number of ether oxygens (including phenoxy) is 2. The van der Waals surface area contributed by atoms with E-state index in [9.17, 15) is 0 Å². The number of anilines is 1. The predicted molar refractivity (Wildman–Crippen MR) is 71.3 cm³/mol. The van der Waals surface area contributed by atoms with Gasteiger partial charge in [0, 0.05) is 18.3 Å². The molecule has 0 radical (unpaired) electrons. The zero-order valence-electron chi connectivity index (χ0n) is 10.6. The Morgan fingerprint density at radius 3 is 2.89 bits per heavy atom. The summed E-state index contributed by atoms with van der Waals surface area (Å²) in [5, 5.41) is 6.87. The lowest BCUT2D eigenvalue weighted by Gasteiger charge is -2.22. The van der Waals surface area contributed by atoms with Crippen LogP contribution in [0.4, 0.5) is 5.69 Å². The molecular weight excluding hydrogens is 228 g/mol. The molecule has 0 aliphatic carbocycles. The number of benzene rings is 1. The normalized spacial score (nSPS) is 18.9. The lowest BCUT2D eigenvalue weighted by molar-refractivity contribution is 0.174. The number of hydrogen-bond acceptors (Lipinski definition) is 4. The minimum Gasteiger partial charge on any atom is -0.454 e. The molecule has 1 aromatic carbocycles. The van der Waals surface area contributed by atoms with E-state index in [4.69, 9.17) is 9.47 Å². The summed E-state index contributed by atoms with van der Waals surface area (Å²) in [6, 6.07) is 6.04. The molecular formula is C14H20N2O2. The molecule has 1 saturated heterocycles. The molecule has 2 aliphatic rings. The highest BCUT2D eigenvalue weighted by Crippen LogP contribution is 2.34. The van der Waals surface area contributed by atoms with E-state index in [0.29, 0.717) is 6.79 Å². The van der Waals surface area contributed by atoms with Crippen LogP contribution in [0.15, 0.2) is 18.2 Å². The van der Waals surface area contributed by atoms with Gasteiger partial charge in [-0.3, -0.25) is 0 Å². The maximum Gasteiger partial charge on any atom is 0.231 e. The Labute approximate surface area is 108 Å². The first kappa shape index (κ1) is 11.7. The molecule has 1 fully saturated rings. The number of nitrogens with one attached hydrogen (secondary N) is 2. The van der Waals surface area contributed by atoms with Crippen molar-refractivity contribution in [3.05, 3.63) is 18.2 Å². The van der Waals surface area contributed by atoms with E-state index >= 15 is 0 Å². The van der Waals surface area contributed by atoms with Gasteiger partial charge >= 0.3 is 0 Å². The van der Waals surface area contributed by atoms with Crippen molar-refractivity contribution in [2.45, 2.75) is 19.3 Å². The maximum atomic E-state index is 5.36. The third-order valence-electron chi connectivity index (χ3n) is 3.71. The lowest BCUT2D eigenvalue weighted by atomic mass is 9.95. The van der Waals surface area contributed by atoms with Gasteiger partial charge in [-0.25, -0.2) is 0 Å². The Morgan fingerprint density at radius 2 is 2.00 bits per heavy atom. The highest BCUT2D eigenvalue weighted by Gasteiger charge is 2.14. The van der Waals surface area contributed by atoms with Crippen LogP contribution in [0.3, 0.4) is 0 Å². The Bertz CT molecular complexity index is 403. The summed E-state index contributed by atoms with van der Waals surface area (Å²) >= 11 is 0. The Morgan fingerprint density at radius 1 is 1.17 bits per heavy atom. The van der Waals surface area contributed by atoms with Gasteiger partial charge in [-0.05, 0) is 50.4 Å². The first-order valence-electron chi connectivity index (χ1n) is 6.76. The van der Waals surface area contributed by atoms with Crippen LogP contribution in [-0.4, -0.2) is 26.4 Å². The number of fused-ring (bicyclic) bond motifs is 1. The second-order valence-electron chi connectivity index (χ2n) is 4.98. The van der Waals surface area contributed by atoms with Gasteiger partial charge in [0.15, 0.2) is 11.5 Å². The van der Waals surface area contributed by atoms with Gasteiger partial charge in [-0.15, -0.1) is 0 Å². The van der Waals surface area contributed by atoms with E-state index in [-0.39, 0.29) is 0 Å². The molecule has 4 heteroatoms. The molecule has 0 amide bonds. The van der Waals surface area contributed by atoms with Crippen LogP contribution < -0.4 is 20.1 Å². The fraction of sp³-hybridized carbons (Fsp3) is 0.571. The molecule has 0 saturated carbocycles. The van der Waals surface area contributed by atoms with Gasteiger partial charge in [-0.2, -0.15) is 0 Å².